The number of carboxylic acid groups (broad SMARTS) is 1. The van der Waals surface area contributed by atoms with E-state index in [1.54, 1.807) is 18.2 Å². The van der Waals surface area contributed by atoms with Crippen LogP contribution in [0.1, 0.15) is 0 Å². The number of nitro groups is 1. The number of nitro benzene ring substituents is 1. The fourth-order valence-corrected chi connectivity index (χ4v) is 3.77. The van der Waals surface area contributed by atoms with Crippen molar-refractivity contribution in [2.45, 2.75) is 11.7 Å². The highest BCUT2D eigenvalue weighted by atomic mass is 16.6. The van der Waals surface area contributed by atoms with E-state index in [-0.39, 0.29) is 18.1 Å². The van der Waals surface area contributed by atoms with Crippen molar-refractivity contribution < 1.29 is 24.4 Å². The Hall–Kier alpha value is -2.74. The van der Waals surface area contributed by atoms with Gasteiger partial charge < -0.3 is 14.7 Å². The largest absolute Gasteiger partial charge is 0.481 e. The Labute approximate surface area is 130 Å². The van der Waals surface area contributed by atoms with E-state index in [1.165, 1.54) is 23.1 Å². The van der Waals surface area contributed by atoms with Gasteiger partial charge in [-0.2, -0.15) is 0 Å². The first-order valence-corrected chi connectivity index (χ1v) is 7.09. The highest BCUT2D eigenvalue weighted by Crippen LogP contribution is 2.52. The molecule has 118 valence electrons. The summed E-state index contributed by atoms with van der Waals surface area (Å²) in [6.07, 6.45) is 2.84. The Bertz CT molecular complexity index is 775. The number of amides is 1. The van der Waals surface area contributed by atoms with Gasteiger partial charge >= 0.3 is 5.97 Å². The lowest BCUT2D eigenvalue weighted by molar-refractivity contribution is -0.384. The van der Waals surface area contributed by atoms with Crippen LogP contribution < -0.4 is 4.90 Å². The molecule has 1 aromatic carbocycles. The number of carbonyl (C=O) groups excluding carboxylic acids is 1. The van der Waals surface area contributed by atoms with Crippen molar-refractivity contribution >= 4 is 23.3 Å². The van der Waals surface area contributed by atoms with Crippen molar-refractivity contribution in [1.29, 1.82) is 0 Å². The first-order chi connectivity index (χ1) is 10.9. The van der Waals surface area contributed by atoms with Crippen molar-refractivity contribution in [2.24, 2.45) is 11.8 Å². The number of rotatable bonds is 3. The van der Waals surface area contributed by atoms with Crippen LogP contribution in [0.5, 0.6) is 0 Å². The predicted octanol–water partition coefficient (Wildman–Crippen LogP) is 0.966. The Morgan fingerprint density at radius 3 is 2.96 bits per heavy atom. The van der Waals surface area contributed by atoms with E-state index in [9.17, 15) is 24.8 Å². The lowest BCUT2D eigenvalue weighted by Gasteiger charge is -2.21. The Morgan fingerprint density at radius 2 is 2.26 bits per heavy atom. The predicted molar refractivity (Wildman–Crippen MR) is 76.8 cm³/mol. The maximum absolute atomic E-state index is 12.7. The minimum absolute atomic E-state index is 0.125. The number of carbonyl (C=O) groups is 2. The molecule has 1 spiro atoms. The van der Waals surface area contributed by atoms with E-state index in [2.05, 4.69) is 0 Å². The molecule has 8 heteroatoms. The molecule has 1 amide bonds. The minimum Gasteiger partial charge on any atom is -0.481 e. The van der Waals surface area contributed by atoms with Crippen LogP contribution in [-0.2, 0) is 14.3 Å². The second kappa shape index (κ2) is 4.39. The SMILES string of the molecule is O=C(O)[C@H]1[C@H]2C(=O)N(c3cccc([N+](=O)[O-])c3)C[C@@]23C=C[C@H]1O3. The van der Waals surface area contributed by atoms with Crippen LogP contribution in [0.25, 0.3) is 0 Å². The fraction of sp³-hybridized carbons (Fsp3) is 0.333. The highest BCUT2D eigenvalue weighted by molar-refractivity contribution is 6.02. The molecule has 2 fully saturated rings. The van der Waals surface area contributed by atoms with Gasteiger partial charge in [0.25, 0.3) is 5.69 Å². The van der Waals surface area contributed by atoms with Gasteiger partial charge in [-0.25, -0.2) is 0 Å². The standard InChI is InChI=1S/C15H12N2O6/c18-13-12-11(14(19)20)10-4-5-15(12,23-10)7-16(13)8-2-1-3-9(6-8)17(21)22/h1-6,10-12H,7H2,(H,19,20)/t10-,11-,12+,15+/m1/s1. The molecular weight excluding hydrogens is 304 g/mol. The summed E-state index contributed by atoms with van der Waals surface area (Å²) in [5.41, 5.74) is -0.701. The topological polar surface area (TPSA) is 110 Å². The smallest absolute Gasteiger partial charge is 0.310 e. The zero-order valence-corrected chi connectivity index (χ0v) is 11.8. The number of fused-ring (bicyclic) bond motifs is 1. The molecule has 0 aliphatic carbocycles. The van der Waals surface area contributed by atoms with Crippen molar-refractivity contribution in [1.82, 2.24) is 0 Å². The van der Waals surface area contributed by atoms with Crippen LogP contribution in [0.15, 0.2) is 36.4 Å². The summed E-state index contributed by atoms with van der Waals surface area (Å²) in [6.45, 7) is 0.161. The molecule has 3 aliphatic heterocycles. The van der Waals surface area contributed by atoms with Gasteiger partial charge in [0.1, 0.15) is 11.5 Å². The van der Waals surface area contributed by atoms with Gasteiger partial charge in [-0.05, 0) is 6.07 Å². The summed E-state index contributed by atoms with van der Waals surface area (Å²) in [5.74, 6) is -3.16. The molecule has 0 radical (unpaired) electrons. The van der Waals surface area contributed by atoms with Crippen LogP contribution in [0.2, 0.25) is 0 Å². The zero-order chi connectivity index (χ0) is 16.4. The van der Waals surface area contributed by atoms with Gasteiger partial charge in [-0.3, -0.25) is 19.7 Å². The summed E-state index contributed by atoms with van der Waals surface area (Å²) in [5, 5.41) is 20.3. The van der Waals surface area contributed by atoms with E-state index in [1.807, 2.05) is 0 Å². The van der Waals surface area contributed by atoms with Gasteiger partial charge in [0.2, 0.25) is 5.91 Å². The molecule has 3 heterocycles. The summed E-state index contributed by atoms with van der Waals surface area (Å²) in [7, 11) is 0. The molecule has 0 unspecified atom stereocenters. The molecule has 1 aromatic rings. The Kier molecular flexibility index (Phi) is 2.65. The van der Waals surface area contributed by atoms with Gasteiger partial charge in [-0.1, -0.05) is 18.2 Å². The monoisotopic (exact) mass is 316 g/mol. The van der Waals surface area contributed by atoms with Crippen LogP contribution in [0, 0.1) is 22.0 Å². The van der Waals surface area contributed by atoms with E-state index in [0.717, 1.165) is 0 Å². The van der Waals surface area contributed by atoms with Crippen LogP contribution >= 0.6 is 0 Å². The van der Waals surface area contributed by atoms with E-state index >= 15 is 0 Å². The molecule has 2 bridgehead atoms. The number of carboxylic acids is 1. The summed E-state index contributed by atoms with van der Waals surface area (Å²) < 4.78 is 5.77. The third-order valence-corrected chi connectivity index (χ3v) is 4.74. The molecule has 0 aromatic heterocycles. The van der Waals surface area contributed by atoms with Crippen LogP contribution in [0.3, 0.4) is 0 Å². The van der Waals surface area contributed by atoms with Gasteiger partial charge in [0.05, 0.1) is 29.2 Å². The minimum atomic E-state index is -1.07. The van der Waals surface area contributed by atoms with Gasteiger partial charge in [-0.15, -0.1) is 0 Å². The second-order valence-corrected chi connectivity index (χ2v) is 5.94. The molecule has 1 N–H and O–H groups in total. The highest BCUT2D eigenvalue weighted by Gasteiger charge is 2.67. The maximum atomic E-state index is 12.7. The van der Waals surface area contributed by atoms with Gasteiger partial charge in [0.15, 0.2) is 0 Å². The van der Waals surface area contributed by atoms with E-state index < -0.39 is 34.4 Å². The normalized spacial score (nSPS) is 34.0. The first-order valence-electron chi connectivity index (χ1n) is 7.09. The molecule has 23 heavy (non-hydrogen) atoms. The van der Waals surface area contributed by atoms with Crippen LogP contribution in [0.4, 0.5) is 11.4 Å². The lowest BCUT2D eigenvalue weighted by Crippen LogP contribution is -2.39. The number of hydrogen-bond acceptors (Lipinski definition) is 5. The van der Waals surface area contributed by atoms with Crippen LogP contribution in [-0.4, -0.2) is 40.2 Å². The van der Waals surface area contributed by atoms with E-state index in [4.69, 9.17) is 4.74 Å². The summed E-state index contributed by atoms with van der Waals surface area (Å²) >= 11 is 0. The number of aliphatic carboxylic acids is 1. The zero-order valence-electron chi connectivity index (χ0n) is 11.8. The number of ether oxygens (including phenoxy) is 1. The maximum Gasteiger partial charge on any atom is 0.310 e. The number of hydrogen-bond donors (Lipinski definition) is 1. The molecule has 2 saturated heterocycles. The molecule has 8 nitrogen and oxygen atoms in total. The fourth-order valence-electron chi connectivity index (χ4n) is 3.77. The Balaban J connectivity index is 1.73. The number of non-ortho nitro benzene ring substituents is 1. The average Bonchev–Trinajstić information content (AvgIpc) is 3.15. The third-order valence-electron chi connectivity index (χ3n) is 4.74. The van der Waals surface area contributed by atoms with Gasteiger partial charge in [0, 0.05) is 12.1 Å². The molecule has 0 saturated carbocycles. The third kappa shape index (κ3) is 1.75. The van der Waals surface area contributed by atoms with Crippen molar-refractivity contribution in [2.75, 3.05) is 11.4 Å². The molecular formula is C15H12N2O6. The average molecular weight is 316 g/mol. The number of nitrogens with zero attached hydrogens (tertiary/aromatic N) is 2. The summed E-state index contributed by atoms with van der Waals surface area (Å²) in [4.78, 5) is 36.0. The van der Waals surface area contributed by atoms with Crippen molar-refractivity contribution in [3.05, 3.63) is 46.5 Å². The molecule has 3 aliphatic rings. The first kappa shape index (κ1) is 13.9. The quantitative estimate of drug-likeness (QED) is 0.505. The molecule has 4 rings (SSSR count). The van der Waals surface area contributed by atoms with Crippen molar-refractivity contribution in [3.8, 4) is 0 Å². The lowest BCUT2D eigenvalue weighted by atomic mass is 9.77. The second-order valence-electron chi connectivity index (χ2n) is 5.94. The molecule has 4 atom stereocenters. The van der Waals surface area contributed by atoms with Crippen molar-refractivity contribution in [3.63, 3.8) is 0 Å². The Morgan fingerprint density at radius 1 is 1.48 bits per heavy atom. The summed E-state index contributed by atoms with van der Waals surface area (Å²) in [6, 6.07) is 5.73. The number of benzene rings is 1. The van der Waals surface area contributed by atoms with E-state index in [0.29, 0.717) is 5.69 Å². The number of anilines is 1.